The van der Waals surface area contributed by atoms with E-state index in [-0.39, 0.29) is 10.6 Å². The van der Waals surface area contributed by atoms with Crippen LogP contribution in [0.2, 0.25) is 15.1 Å². The maximum atomic E-state index is 13.9. The zero-order chi connectivity index (χ0) is 22.6. The van der Waals surface area contributed by atoms with E-state index < -0.39 is 23.7 Å². The Morgan fingerprint density at radius 1 is 1.00 bits per heavy atom. The summed E-state index contributed by atoms with van der Waals surface area (Å²) in [5, 5.41) is 1.13. The molecule has 0 spiro atoms. The molecule has 0 aromatic heterocycles. The highest BCUT2D eigenvalue weighted by molar-refractivity contribution is 6.37. The number of carbonyl (C=O) groups excluding carboxylic acids is 2. The Bertz CT molecular complexity index is 1250. The largest absolute Gasteiger partial charge is 0.467 e. The predicted molar refractivity (Wildman–Crippen MR) is 125 cm³/mol. The fraction of sp³-hybridized carbons (Fsp3) is 0.167. The zero-order valence-corrected chi connectivity index (χ0v) is 19.2. The number of rotatable bonds is 2. The van der Waals surface area contributed by atoms with Gasteiger partial charge >= 0.3 is 6.03 Å². The minimum atomic E-state index is -0.996. The van der Waals surface area contributed by atoms with Crippen molar-refractivity contribution in [3.05, 3.63) is 92.9 Å². The van der Waals surface area contributed by atoms with Crippen LogP contribution in [0.3, 0.4) is 0 Å². The lowest BCUT2D eigenvalue weighted by molar-refractivity contribution is 0.00269. The van der Waals surface area contributed by atoms with Gasteiger partial charge in [-0.3, -0.25) is 14.6 Å². The van der Waals surface area contributed by atoms with Crippen LogP contribution < -0.4 is 9.64 Å². The highest BCUT2D eigenvalue weighted by Gasteiger charge is 2.55. The van der Waals surface area contributed by atoms with Gasteiger partial charge in [0.1, 0.15) is 5.75 Å². The van der Waals surface area contributed by atoms with E-state index in [1.165, 1.54) is 21.9 Å². The first kappa shape index (κ1) is 21.1. The molecule has 2 aliphatic heterocycles. The fourth-order valence-corrected chi connectivity index (χ4v) is 5.02. The number of halogens is 3. The molecular formula is C24H17Cl3N2O3. The highest BCUT2D eigenvalue weighted by atomic mass is 35.5. The van der Waals surface area contributed by atoms with E-state index >= 15 is 0 Å². The molecule has 0 radical (unpaired) electrons. The van der Waals surface area contributed by atoms with Crippen molar-refractivity contribution in [2.45, 2.75) is 25.1 Å². The second-order valence-electron chi connectivity index (χ2n) is 7.93. The molecule has 2 heterocycles. The lowest BCUT2D eigenvalue weighted by Crippen LogP contribution is -2.67. The van der Waals surface area contributed by atoms with Crippen LogP contribution >= 0.6 is 34.8 Å². The lowest BCUT2D eigenvalue weighted by Gasteiger charge is -2.53. The third-order valence-corrected chi connectivity index (χ3v) is 6.63. The van der Waals surface area contributed by atoms with Gasteiger partial charge in [-0.25, -0.2) is 4.79 Å². The van der Waals surface area contributed by atoms with Crippen LogP contribution in [0.1, 0.15) is 35.3 Å². The molecule has 3 amide bonds. The first-order valence-corrected chi connectivity index (χ1v) is 11.1. The first-order chi connectivity index (χ1) is 15.3. The highest BCUT2D eigenvalue weighted by Crippen LogP contribution is 2.50. The average molecular weight is 488 g/mol. The zero-order valence-electron chi connectivity index (χ0n) is 16.9. The van der Waals surface area contributed by atoms with Crippen LogP contribution in [0.5, 0.6) is 5.75 Å². The number of hydrogen-bond donors (Lipinski definition) is 0. The molecular weight excluding hydrogens is 471 g/mol. The average Bonchev–Trinajstić information content (AvgIpc) is 2.74. The van der Waals surface area contributed by atoms with Crippen LogP contribution in [-0.2, 0) is 0 Å². The lowest BCUT2D eigenvalue weighted by atomic mass is 9.88. The second-order valence-corrected chi connectivity index (χ2v) is 9.21. The van der Waals surface area contributed by atoms with Gasteiger partial charge in [-0.15, -0.1) is 0 Å². The minimum Gasteiger partial charge on any atom is -0.467 e. The van der Waals surface area contributed by atoms with E-state index in [1.54, 1.807) is 30.3 Å². The summed E-state index contributed by atoms with van der Waals surface area (Å²) in [6, 6.07) is 17.9. The molecule has 1 fully saturated rings. The van der Waals surface area contributed by atoms with Gasteiger partial charge in [0.05, 0.1) is 16.6 Å². The number of amides is 3. The Kier molecular flexibility index (Phi) is 5.08. The number of imide groups is 1. The summed E-state index contributed by atoms with van der Waals surface area (Å²) in [6.45, 7) is 1.85. The van der Waals surface area contributed by atoms with Crippen molar-refractivity contribution in [3.63, 3.8) is 0 Å². The number of para-hydroxylation sites is 1. The topological polar surface area (TPSA) is 49.9 Å². The van der Waals surface area contributed by atoms with Crippen molar-refractivity contribution >= 4 is 52.4 Å². The second kappa shape index (κ2) is 7.69. The molecule has 8 heteroatoms. The maximum Gasteiger partial charge on any atom is 0.335 e. The van der Waals surface area contributed by atoms with E-state index in [0.717, 1.165) is 5.56 Å². The molecule has 5 nitrogen and oxygen atoms in total. The van der Waals surface area contributed by atoms with E-state index in [9.17, 15) is 9.59 Å². The number of benzene rings is 3. The minimum absolute atomic E-state index is 0.182. The fourth-order valence-electron chi connectivity index (χ4n) is 4.40. The number of ether oxygens (including phenoxy) is 1. The number of nitrogens with zero attached hydrogens (tertiary/aromatic N) is 2. The van der Waals surface area contributed by atoms with Crippen LogP contribution in [0.25, 0.3) is 0 Å². The molecule has 2 aliphatic rings. The van der Waals surface area contributed by atoms with E-state index in [1.807, 2.05) is 31.2 Å². The Hall–Kier alpha value is -2.73. The third-order valence-electron chi connectivity index (χ3n) is 5.83. The molecule has 3 aromatic carbocycles. The molecule has 2 atom stereocenters. The monoisotopic (exact) mass is 486 g/mol. The summed E-state index contributed by atoms with van der Waals surface area (Å²) in [6.07, 6.45) is 0.384. The van der Waals surface area contributed by atoms with Crippen molar-refractivity contribution in [1.29, 1.82) is 0 Å². The Morgan fingerprint density at radius 3 is 2.41 bits per heavy atom. The van der Waals surface area contributed by atoms with Crippen LogP contribution in [0, 0.1) is 0 Å². The molecule has 0 N–H and O–H groups in total. The van der Waals surface area contributed by atoms with Crippen molar-refractivity contribution in [2.75, 3.05) is 4.90 Å². The van der Waals surface area contributed by atoms with Crippen molar-refractivity contribution < 1.29 is 14.3 Å². The van der Waals surface area contributed by atoms with Crippen LogP contribution in [0.4, 0.5) is 10.5 Å². The van der Waals surface area contributed by atoms with Gasteiger partial charge in [0.15, 0.2) is 5.72 Å². The Labute approximate surface area is 200 Å². The summed E-state index contributed by atoms with van der Waals surface area (Å²) in [4.78, 5) is 30.3. The van der Waals surface area contributed by atoms with Crippen LogP contribution in [-0.4, -0.2) is 22.6 Å². The van der Waals surface area contributed by atoms with Crippen LogP contribution in [0.15, 0.2) is 66.7 Å². The smallest absolute Gasteiger partial charge is 0.335 e. The Morgan fingerprint density at radius 2 is 1.69 bits per heavy atom. The number of hydrogen-bond acceptors (Lipinski definition) is 3. The standard InChI is InChI=1S/C24H17Cl3N2O3/c1-24-13-20(18-4-2-3-5-21(18)32-24)28(22(30)17-11-8-15(26)12-19(17)27)23(31)29(24)16-9-6-14(25)7-10-16/h2-12,20H,13H2,1H3. The number of anilines is 1. The molecule has 5 rings (SSSR count). The van der Waals surface area contributed by atoms with E-state index in [2.05, 4.69) is 0 Å². The molecule has 0 saturated carbocycles. The van der Waals surface area contributed by atoms with E-state index in [4.69, 9.17) is 39.5 Å². The summed E-state index contributed by atoms with van der Waals surface area (Å²) >= 11 is 18.4. The number of fused-ring (bicyclic) bond motifs is 4. The summed E-state index contributed by atoms with van der Waals surface area (Å²) in [7, 11) is 0. The molecule has 1 saturated heterocycles. The summed E-state index contributed by atoms with van der Waals surface area (Å²) in [5.41, 5.74) is 0.546. The number of urea groups is 1. The molecule has 32 heavy (non-hydrogen) atoms. The van der Waals surface area contributed by atoms with Gasteiger partial charge in [0.25, 0.3) is 5.91 Å². The normalized spacial score (nSPS) is 21.8. The quantitative estimate of drug-likeness (QED) is 0.392. The van der Waals surface area contributed by atoms with Gasteiger partial charge in [-0.1, -0.05) is 53.0 Å². The Balaban J connectivity index is 1.68. The maximum absolute atomic E-state index is 13.9. The number of carbonyl (C=O) groups is 2. The molecule has 2 bridgehead atoms. The van der Waals surface area contributed by atoms with Gasteiger partial charge < -0.3 is 4.74 Å². The summed E-state index contributed by atoms with van der Waals surface area (Å²) in [5.74, 6) is 0.122. The van der Waals surface area contributed by atoms with Crippen molar-refractivity contribution in [3.8, 4) is 5.75 Å². The van der Waals surface area contributed by atoms with Gasteiger partial charge in [0, 0.05) is 27.7 Å². The van der Waals surface area contributed by atoms with Gasteiger partial charge in [0.2, 0.25) is 0 Å². The van der Waals surface area contributed by atoms with Crippen molar-refractivity contribution in [1.82, 2.24) is 4.90 Å². The third kappa shape index (κ3) is 3.32. The predicted octanol–water partition coefficient (Wildman–Crippen LogP) is 6.97. The van der Waals surface area contributed by atoms with E-state index in [0.29, 0.717) is 27.9 Å². The molecule has 3 aromatic rings. The first-order valence-electron chi connectivity index (χ1n) is 9.95. The van der Waals surface area contributed by atoms with Gasteiger partial charge in [-0.2, -0.15) is 0 Å². The molecule has 0 aliphatic carbocycles. The molecule has 2 unspecified atom stereocenters. The van der Waals surface area contributed by atoms with Crippen molar-refractivity contribution in [2.24, 2.45) is 0 Å². The SMILES string of the molecule is CC12CC(c3ccccc3O1)N(C(=O)c1ccc(Cl)cc1Cl)C(=O)N2c1ccc(Cl)cc1. The summed E-state index contributed by atoms with van der Waals surface area (Å²) < 4.78 is 6.32. The van der Waals surface area contributed by atoms with Gasteiger partial charge in [-0.05, 0) is 55.5 Å². The molecule has 162 valence electrons.